The topological polar surface area (TPSA) is 148 Å². The van der Waals surface area contributed by atoms with Crippen LogP contribution in [0.1, 0.15) is 28.9 Å². The van der Waals surface area contributed by atoms with Crippen LogP contribution in [0.25, 0.3) is 11.0 Å². The van der Waals surface area contributed by atoms with Gasteiger partial charge in [-0.1, -0.05) is 0 Å². The Morgan fingerprint density at radius 3 is 2.62 bits per heavy atom. The lowest BCUT2D eigenvalue weighted by Crippen LogP contribution is -2.59. The fourth-order valence-electron chi connectivity index (χ4n) is 3.80. The van der Waals surface area contributed by atoms with Gasteiger partial charge in [-0.3, -0.25) is 0 Å². The monoisotopic (exact) mass is 410 g/mol. The van der Waals surface area contributed by atoms with Crippen LogP contribution in [-0.2, 0) is 14.2 Å². The summed E-state index contributed by atoms with van der Waals surface area (Å²) in [6.07, 6.45) is -7.40. The van der Waals surface area contributed by atoms with Crippen molar-refractivity contribution in [3.8, 4) is 5.75 Å². The molecule has 2 aliphatic rings. The molecular weight excluding hydrogens is 388 g/mol. The van der Waals surface area contributed by atoms with Gasteiger partial charge >= 0.3 is 5.97 Å². The van der Waals surface area contributed by atoms with Crippen LogP contribution in [0.15, 0.2) is 22.8 Å². The number of hydrogen-bond donors (Lipinski definition) is 4. The lowest BCUT2D eigenvalue weighted by molar-refractivity contribution is -0.318. The lowest BCUT2D eigenvalue weighted by Gasteiger charge is -2.42. The van der Waals surface area contributed by atoms with E-state index < -0.39 is 55.5 Å². The average Bonchev–Trinajstić information content (AvgIpc) is 3.17. The first kappa shape index (κ1) is 20.1. The molecule has 2 aromatic rings. The molecule has 4 rings (SSSR count). The highest BCUT2D eigenvalue weighted by Crippen LogP contribution is 2.43. The molecule has 0 amide bonds. The summed E-state index contributed by atoms with van der Waals surface area (Å²) < 4.78 is 27.6. The van der Waals surface area contributed by atoms with Gasteiger partial charge in [-0.15, -0.1) is 0 Å². The molecule has 0 saturated carbocycles. The van der Waals surface area contributed by atoms with Gasteiger partial charge in [0.1, 0.15) is 53.5 Å². The number of cyclic esters (lactones) is 1. The summed E-state index contributed by atoms with van der Waals surface area (Å²) in [4.78, 5) is 12.6. The number of methoxy groups -OCH3 is 1. The minimum Gasteiger partial charge on any atom is -0.495 e. The molecule has 0 bridgehead atoms. The number of aliphatic hydroxyl groups is 4. The Labute approximate surface area is 165 Å². The quantitative estimate of drug-likeness (QED) is 0.502. The zero-order valence-electron chi connectivity index (χ0n) is 15.7. The van der Waals surface area contributed by atoms with E-state index in [1.807, 2.05) is 0 Å². The van der Waals surface area contributed by atoms with E-state index in [0.717, 1.165) is 0 Å². The molecule has 1 saturated heterocycles. The van der Waals surface area contributed by atoms with Crippen LogP contribution in [0.3, 0.4) is 0 Å². The predicted octanol–water partition coefficient (Wildman–Crippen LogP) is -0.142. The number of carbonyl (C=O) groups is 1. The van der Waals surface area contributed by atoms with Crippen LogP contribution >= 0.6 is 0 Å². The number of hydrogen-bond acceptors (Lipinski definition) is 10. The second-order valence-corrected chi connectivity index (χ2v) is 7.07. The molecule has 10 heteroatoms. The fourth-order valence-corrected chi connectivity index (χ4v) is 3.80. The molecule has 158 valence electrons. The standard InChI is InChI=1S/C19H22O10/c1-7-16(29-19-15(23)14(22)13(21)11(6-20)28-19)9-5-10-8(3-4-26-10)17(25-2)12(9)18(24)27-7/h3-5,7,11,13-16,19-23H,6H2,1-2H3/t7-,11+,13+,14-,15+,16-,19-/m0/s1. The molecule has 10 nitrogen and oxygen atoms in total. The number of ether oxygens (including phenoxy) is 4. The van der Waals surface area contributed by atoms with Gasteiger partial charge in [-0.25, -0.2) is 4.79 Å². The summed E-state index contributed by atoms with van der Waals surface area (Å²) in [5.74, 6) is -0.327. The lowest BCUT2D eigenvalue weighted by atomic mass is 9.93. The SMILES string of the molecule is COc1c2c(cc3occc13)[C@@H](O[C@@H]1O[C@H](CO)[C@@H](O)[C@H](O)[C@H]1O)[C@H](C)OC2=O. The van der Waals surface area contributed by atoms with Gasteiger partial charge < -0.3 is 43.8 Å². The van der Waals surface area contributed by atoms with Crippen molar-refractivity contribution in [3.05, 3.63) is 29.5 Å². The van der Waals surface area contributed by atoms with Crippen LogP contribution in [-0.4, -0.2) is 76.9 Å². The van der Waals surface area contributed by atoms with Crippen LogP contribution in [0.2, 0.25) is 0 Å². The van der Waals surface area contributed by atoms with Gasteiger partial charge in [0, 0.05) is 5.56 Å². The van der Waals surface area contributed by atoms with Crippen molar-refractivity contribution in [1.82, 2.24) is 0 Å². The van der Waals surface area contributed by atoms with E-state index in [-0.39, 0.29) is 11.3 Å². The van der Waals surface area contributed by atoms with Crippen molar-refractivity contribution in [2.24, 2.45) is 0 Å². The van der Waals surface area contributed by atoms with Crippen molar-refractivity contribution in [1.29, 1.82) is 0 Å². The van der Waals surface area contributed by atoms with Crippen molar-refractivity contribution in [3.63, 3.8) is 0 Å². The van der Waals surface area contributed by atoms with Gasteiger partial charge in [0.2, 0.25) is 0 Å². The summed E-state index contributed by atoms with van der Waals surface area (Å²) in [7, 11) is 1.42. The van der Waals surface area contributed by atoms with Crippen molar-refractivity contribution < 1.29 is 48.6 Å². The van der Waals surface area contributed by atoms with Crippen molar-refractivity contribution in [2.45, 2.75) is 49.8 Å². The van der Waals surface area contributed by atoms with E-state index in [9.17, 15) is 25.2 Å². The zero-order chi connectivity index (χ0) is 20.9. The highest BCUT2D eigenvalue weighted by atomic mass is 16.7. The Balaban J connectivity index is 1.74. The van der Waals surface area contributed by atoms with Gasteiger partial charge in [-0.2, -0.15) is 0 Å². The summed E-state index contributed by atoms with van der Waals surface area (Å²) >= 11 is 0. The molecule has 7 atom stereocenters. The molecule has 0 spiro atoms. The van der Waals surface area contributed by atoms with Crippen LogP contribution in [0.5, 0.6) is 5.75 Å². The number of carbonyl (C=O) groups excluding carboxylic acids is 1. The molecule has 4 N–H and O–H groups in total. The van der Waals surface area contributed by atoms with Crippen LogP contribution < -0.4 is 4.74 Å². The Morgan fingerprint density at radius 2 is 1.93 bits per heavy atom. The van der Waals surface area contributed by atoms with Crippen LogP contribution in [0.4, 0.5) is 0 Å². The maximum atomic E-state index is 12.6. The number of aliphatic hydroxyl groups excluding tert-OH is 4. The molecule has 0 radical (unpaired) electrons. The van der Waals surface area contributed by atoms with E-state index in [4.69, 9.17) is 23.4 Å². The smallest absolute Gasteiger partial charge is 0.342 e. The van der Waals surface area contributed by atoms with Gasteiger partial charge in [0.25, 0.3) is 0 Å². The second-order valence-electron chi connectivity index (χ2n) is 7.07. The van der Waals surface area contributed by atoms with Crippen LogP contribution in [0, 0.1) is 0 Å². The Kier molecular flexibility index (Phi) is 5.23. The number of furan rings is 1. The summed E-state index contributed by atoms with van der Waals surface area (Å²) in [5, 5.41) is 40.2. The third-order valence-corrected chi connectivity index (χ3v) is 5.31. The third kappa shape index (κ3) is 3.18. The maximum Gasteiger partial charge on any atom is 0.342 e. The molecular formula is C19H22O10. The number of benzene rings is 1. The van der Waals surface area contributed by atoms with E-state index in [0.29, 0.717) is 16.5 Å². The highest BCUT2D eigenvalue weighted by Gasteiger charge is 2.47. The average molecular weight is 410 g/mol. The van der Waals surface area contributed by atoms with Gasteiger partial charge in [0.15, 0.2) is 6.29 Å². The normalized spacial score (nSPS) is 34.7. The third-order valence-electron chi connectivity index (χ3n) is 5.31. The molecule has 29 heavy (non-hydrogen) atoms. The molecule has 1 aromatic heterocycles. The number of fused-ring (bicyclic) bond motifs is 2. The van der Waals surface area contributed by atoms with E-state index in [1.54, 1.807) is 19.1 Å². The first-order valence-electron chi connectivity index (χ1n) is 9.12. The number of esters is 1. The first-order chi connectivity index (χ1) is 13.9. The summed E-state index contributed by atoms with van der Waals surface area (Å²) in [5.41, 5.74) is 1.03. The fraction of sp³-hybridized carbons (Fsp3) is 0.526. The van der Waals surface area contributed by atoms with Crippen molar-refractivity contribution in [2.75, 3.05) is 13.7 Å². The van der Waals surface area contributed by atoms with E-state index in [1.165, 1.54) is 13.4 Å². The predicted molar refractivity (Wildman–Crippen MR) is 95.2 cm³/mol. The van der Waals surface area contributed by atoms with Crippen molar-refractivity contribution >= 4 is 16.9 Å². The van der Waals surface area contributed by atoms with E-state index in [2.05, 4.69) is 0 Å². The molecule has 2 aliphatic heterocycles. The Bertz CT molecular complexity index is 906. The Hall–Kier alpha value is -2.21. The molecule has 0 aliphatic carbocycles. The minimum absolute atomic E-state index is 0.161. The largest absolute Gasteiger partial charge is 0.495 e. The van der Waals surface area contributed by atoms with E-state index >= 15 is 0 Å². The van der Waals surface area contributed by atoms with Gasteiger partial charge in [0.05, 0.1) is 25.4 Å². The highest BCUT2D eigenvalue weighted by molar-refractivity contribution is 6.02. The molecule has 3 heterocycles. The second kappa shape index (κ2) is 7.56. The minimum atomic E-state index is -1.59. The Morgan fingerprint density at radius 1 is 1.17 bits per heavy atom. The summed E-state index contributed by atoms with van der Waals surface area (Å²) in [6.45, 7) is 1.02. The zero-order valence-corrected chi connectivity index (χ0v) is 15.7. The number of rotatable bonds is 4. The molecule has 1 aromatic carbocycles. The van der Waals surface area contributed by atoms with Gasteiger partial charge in [-0.05, 0) is 19.1 Å². The first-order valence-corrected chi connectivity index (χ1v) is 9.12. The molecule has 1 fully saturated rings. The summed E-state index contributed by atoms with van der Waals surface area (Å²) in [6, 6.07) is 3.28. The molecule has 0 unspecified atom stereocenters. The maximum absolute atomic E-state index is 12.6.